The standard InChI is InChI=1S/C14H21BrN2O2S/c1-11(9-16)10-17-14(18)3-2-8-20(19)13-6-4-12(15)5-7-13/h4-7,11H,2-3,8-10,16H2,1H3,(H,17,18). The van der Waals surface area contributed by atoms with Gasteiger partial charge in [-0.05, 0) is 43.1 Å². The van der Waals surface area contributed by atoms with Crippen molar-refractivity contribution in [1.82, 2.24) is 5.32 Å². The van der Waals surface area contributed by atoms with E-state index in [1.165, 1.54) is 0 Å². The molecule has 3 N–H and O–H groups in total. The first kappa shape index (κ1) is 17.3. The molecule has 0 fully saturated rings. The monoisotopic (exact) mass is 360 g/mol. The van der Waals surface area contributed by atoms with Gasteiger partial charge in [-0.1, -0.05) is 22.9 Å². The molecule has 20 heavy (non-hydrogen) atoms. The molecule has 0 aliphatic carbocycles. The number of amides is 1. The number of benzene rings is 1. The Morgan fingerprint density at radius 3 is 2.65 bits per heavy atom. The number of carbonyl (C=O) groups is 1. The summed E-state index contributed by atoms with van der Waals surface area (Å²) in [5, 5.41) is 2.83. The normalized spacial score (nSPS) is 13.8. The van der Waals surface area contributed by atoms with Gasteiger partial charge in [0, 0.05) is 28.1 Å². The summed E-state index contributed by atoms with van der Waals surface area (Å²) in [6.07, 6.45) is 1.02. The van der Waals surface area contributed by atoms with Gasteiger partial charge in [0.05, 0.1) is 10.8 Å². The number of nitrogens with one attached hydrogen (secondary N) is 1. The molecule has 1 rings (SSSR count). The smallest absolute Gasteiger partial charge is 0.220 e. The van der Waals surface area contributed by atoms with Crippen molar-refractivity contribution in [2.24, 2.45) is 11.7 Å². The van der Waals surface area contributed by atoms with Crippen molar-refractivity contribution in [2.75, 3.05) is 18.8 Å². The fourth-order valence-corrected chi connectivity index (χ4v) is 2.87. The first-order valence-corrected chi connectivity index (χ1v) is 8.75. The van der Waals surface area contributed by atoms with Gasteiger partial charge in [-0.25, -0.2) is 0 Å². The minimum absolute atomic E-state index is 0.00175. The van der Waals surface area contributed by atoms with E-state index in [1.54, 1.807) is 0 Å². The molecule has 0 aromatic heterocycles. The number of hydrogen-bond donors (Lipinski definition) is 2. The predicted octanol–water partition coefficient (Wildman–Crippen LogP) is 2.05. The number of nitrogens with two attached hydrogens (primary N) is 1. The third-order valence-electron chi connectivity index (χ3n) is 2.86. The van der Waals surface area contributed by atoms with Gasteiger partial charge in [0.25, 0.3) is 0 Å². The molecule has 0 aliphatic heterocycles. The first-order valence-electron chi connectivity index (χ1n) is 6.63. The maximum Gasteiger partial charge on any atom is 0.220 e. The van der Waals surface area contributed by atoms with E-state index >= 15 is 0 Å². The molecule has 0 saturated carbocycles. The number of hydrogen-bond acceptors (Lipinski definition) is 3. The van der Waals surface area contributed by atoms with Gasteiger partial charge in [-0.3, -0.25) is 9.00 Å². The molecule has 1 aromatic carbocycles. The average Bonchev–Trinajstić information content (AvgIpc) is 2.45. The van der Waals surface area contributed by atoms with E-state index in [0.29, 0.717) is 31.7 Å². The van der Waals surface area contributed by atoms with E-state index < -0.39 is 10.8 Å². The lowest BCUT2D eigenvalue weighted by atomic mass is 10.2. The van der Waals surface area contributed by atoms with Crippen LogP contribution in [0.2, 0.25) is 0 Å². The molecule has 112 valence electrons. The highest BCUT2D eigenvalue weighted by Crippen LogP contribution is 2.14. The molecule has 2 atom stereocenters. The van der Waals surface area contributed by atoms with Gasteiger partial charge >= 0.3 is 0 Å². The molecule has 0 heterocycles. The highest BCUT2D eigenvalue weighted by Gasteiger charge is 2.07. The van der Waals surface area contributed by atoms with Gasteiger partial charge in [-0.15, -0.1) is 0 Å². The summed E-state index contributed by atoms with van der Waals surface area (Å²) >= 11 is 3.34. The van der Waals surface area contributed by atoms with Crippen LogP contribution in [0.4, 0.5) is 0 Å². The van der Waals surface area contributed by atoms with Crippen LogP contribution in [0.5, 0.6) is 0 Å². The van der Waals surface area contributed by atoms with Gasteiger partial charge in [0.2, 0.25) is 5.91 Å². The zero-order valence-corrected chi connectivity index (χ0v) is 14.0. The van der Waals surface area contributed by atoms with Crippen molar-refractivity contribution < 1.29 is 9.00 Å². The minimum atomic E-state index is -1.04. The Kier molecular flexibility index (Phi) is 8.02. The van der Waals surface area contributed by atoms with Crippen molar-refractivity contribution in [1.29, 1.82) is 0 Å². The highest BCUT2D eigenvalue weighted by atomic mass is 79.9. The molecule has 0 spiro atoms. The van der Waals surface area contributed by atoms with Crippen molar-refractivity contribution in [2.45, 2.75) is 24.7 Å². The molecular formula is C14H21BrN2O2S. The molecule has 2 unspecified atom stereocenters. The van der Waals surface area contributed by atoms with E-state index in [4.69, 9.17) is 5.73 Å². The van der Waals surface area contributed by atoms with Crippen molar-refractivity contribution in [3.05, 3.63) is 28.7 Å². The van der Waals surface area contributed by atoms with Gasteiger partial charge < -0.3 is 11.1 Å². The van der Waals surface area contributed by atoms with E-state index in [9.17, 15) is 9.00 Å². The molecule has 0 bridgehead atoms. The Balaban J connectivity index is 2.25. The lowest BCUT2D eigenvalue weighted by molar-refractivity contribution is -0.121. The molecule has 1 amide bonds. The van der Waals surface area contributed by atoms with Crippen LogP contribution in [-0.4, -0.2) is 29.0 Å². The molecule has 0 saturated heterocycles. The van der Waals surface area contributed by atoms with Crippen LogP contribution in [0, 0.1) is 5.92 Å². The second-order valence-corrected chi connectivity index (χ2v) is 7.24. The summed E-state index contributed by atoms with van der Waals surface area (Å²) in [5.41, 5.74) is 5.48. The van der Waals surface area contributed by atoms with Crippen molar-refractivity contribution in [3.63, 3.8) is 0 Å². The molecule has 4 nitrogen and oxygen atoms in total. The highest BCUT2D eigenvalue weighted by molar-refractivity contribution is 9.10. The Hall–Kier alpha value is -0.720. The zero-order chi connectivity index (χ0) is 15.0. The van der Waals surface area contributed by atoms with Crippen LogP contribution in [0.3, 0.4) is 0 Å². The number of halogens is 1. The molecular weight excluding hydrogens is 340 g/mol. The third-order valence-corrected chi connectivity index (χ3v) is 4.85. The second-order valence-electron chi connectivity index (χ2n) is 4.75. The molecule has 1 aromatic rings. The van der Waals surface area contributed by atoms with Crippen LogP contribution in [-0.2, 0) is 15.6 Å². The topological polar surface area (TPSA) is 72.2 Å². The minimum Gasteiger partial charge on any atom is -0.356 e. The SMILES string of the molecule is CC(CN)CNC(=O)CCCS(=O)c1ccc(Br)cc1. The fraction of sp³-hybridized carbons (Fsp3) is 0.500. The molecule has 0 aliphatic rings. The Bertz CT molecular complexity index is 451. The van der Waals surface area contributed by atoms with Crippen molar-refractivity contribution >= 4 is 32.6 Å². The summed E-state index contributed by atoms with van der Waals surface area (Å²) in [7, 11) is -1.04. The third kappa shape index (κ3) is 6.63. The number of rotatable bonds is 8. The van der Waals surface area contributed by atoms with Crippen LogP contribution in [0.1, 0.15) is 19.8 Å². The summed E-state index contributed by atoms with van der Waals surface area (Å²) < 4.78 is 13.0. The van der Waals surface area contributed by atoms with Crippen LogP contribution in [0.15, 0.2) is 33.6 Å². The van der Waals surface area contributed by atoms with Crippen LogP contribution < -0.4 is 11.1 Å². The van der Waals surface area contributed by atoms with E-state index in [2.05, 4.69) is 21.2 Å². The maximum atomic E-state index is 12.0. The average molecular weight is 361 g/mol. The largest absolute Gasteiger partial charge is 0.356 e. The zero-order valence-electron chi connectivity index (χ0n) is 11.6. The van der Waals surface area contributed by atoms with Gasteiger partial charge in [0.15, 0.2) is 0 Å². The second kappa shape index (κ2) is 9.26. The van der Waals surface area contributed by atoms with E-state index in [0.717, 1.165) is 9.37 Å². The summed E-state index contributed by atoms with van der Waals surface area (Å²) in [4.78, 5) is 12.4. The Morgan fingerprint density at radius 2 is 2.05 bits per heavy atom. The first-order chi connectivity index (χ1) is 9.52. The Labute approximate surface area is 131 Å². The summed E-state index contributed by atoms with van der Waals surface area (Å²) in [5.74, 6) is 0.788. The predicted molar refractivity (Wildman–Crippen MR) is 85.9 cm³/mol. The quantitative estimate of drug-likeness (QED) is 0.744. The van der Waals surface area contributed by atoms with E-state index in [1.807, 2.05) is 31.2 Å². The maximum absolute atomic E-state index is 12.0. The van der Waals surface area contributed by atoms with Crippen LogP contribution in [0.25, 0.3) is 0 Å². The van der Waals surface area contributed by atoms with Gasteiger partial charge in [0.1, 0.15) is 0 Å². The summed E-state index contributed by atoms with van der Waals surface area (Å²) in [6, 6.07) is 7.41. The number of carbonyl (C=O) groups excluding carboxylic acids is 1. The lowest BCUT2D eigenvalue weighted by Crippen LogP contribution is -2.31. The lowest BCUT2D eigenvalue weighted by Gasteiger charge is -2.09. The molecule has 6 heteroatoms. The fourth-order valence-electron chi connectivity index (χ4n) is 1.53. The van der Waals surface area contributed by atoms with Crippen molar-refractivity contribution in [3.8, 4) is 0 Å². The van der Waals surface area contributed by atoms with E-state index in [-0.39, 0.29) is 11.8 Å². The van der Waals surface area contributed by atoms with Gasteiger partial charge in [-0.2, -0.15) is 0 Å². The van der Waals surface area contributed by atoms with Crippen LogP contribution >= 0.6 is 15.9 Å². The molecule has 0 radical (unpaired) electrons. The summed E-state index contributed by atoms with van der Waals surface area (Å²) in [6.45, 7) is 3.15. The Morgan fingerprint density at radius 1 is 1.40 bits per heavy atom.